The van der Waals surface area contributed by atoms with E-state index in [2.05, 4.69) is 30.1 Å². The predicted octanol–water partition coefficient (Wildman–Crippen LogP) is 5.37. The highest BCUT2D eigenvalue weighted by molar-refractivity contribution is 6.00. The molecule has 0 aliphatic heterocycles. The molecule has 0 aliphatic rings. The van der Waals surface area contributed by atoms with Gasteiger partial charge in [-0.25, -0.2) is 4.39 Å². The highest BCUT2D eigenvalue weighted by atomic mass is 19.1. The molecule has 0 fully saturated rings. The van der Waals surface area contributed by atoms with Gasteiger partial charge in [0.15, 0.2) is 0 Å². The number of nitrogens with zero attached hydrogens (tertiary/aromatic N) is 4. The first-order chi connectivity index (χ1) is 15.3. The molecule has 5 aromatic heterocycles. The topological polar surface area (TPSA) is 83.1 Å². The number of aromatic nitrogens is 6. The number of hydrogen-bond acceptors (Lipinski definition) is 4. The summed E-state index contributed by atoms with van der Waals surface area (Å²) in [5.41, 5.74) is 6.77. The fourth-order valence-corrected chi connectivity index (χ4v) is 3.81. The third-order valence-corrected chi connectivity index (χ3v) is 5.33. The minimum atomic E-state index is -0.265. The predicted molar refractivity (Wildman–Crippen MR) is 118 cm³/mol. The lowest BCUT2D eigenvalue weighted by molar-refractivity contribution is 0.628. The largest absolute Gasteiger partial charge is 0.352 e. The highest BCUT2D eigenvalue weighted by Gasteiger charge is 2.15. The van der Waals surface area contributed by atoms with Crippen LogP contribution in [0.2, 0.25) is 0 Å². The van der Waals surface area contributed by atoms with E-state index >= 15 is 0 Å². The van der Waals surface area contributed by atoms with Crippen molar-refractivity contribution in [1.29, 1.82) is 0 Å². The number of benzene rings is 1. The van der Waals surface area contributed by atoms with Crippen molar-refractivity contribution in [3.05, 3.63) is 85.2 Å². The highest BCUT2D eigenvalue weighted by Crippen LogP contribution is 2.34. The molecule has 0 atom stereocenters. The molecule has 7 heteroatoms. The summed E-state index contributed by atoms with van der Waals surface area (Å²) in [5.74, 6) is -0.265. The average molecular weight is 406 g/mol. The van der Waals surface area contributed by atoms with Crippen LogP contribution >= 0.6 is 0 Å². The number of hydrogen-bond donors (Lipinski definition) is 2. The number of nitrogens with one attached hydrogen (secondary N) is 2. The molecular weight excluding hydrogens is 391 g/mol. The lowest BCUT2D eigenvalue weighted by atomic mass is 10.0. The van der Waals surface area contributed by atoms with Crippen molar-refractivity contribution in [2.75, 3.05) is 0 Å². The molecule has 6 nitrogen and oxygen atoms in total. The van der Waals surface area contributed by atoms with Crippen LogP contribution in [0.3, 0.4) is 0 Å². The van der Waals surface area contributed by atoms with E-state index in [1.807, 2.05) is 30.3 Å². The standard InChI is InChI=1S/C24H15FN6/c25-15-6-4-14(5-7-15)18-11-26-12-22-16(18)9-21(29-22)24-17-10-20(19-3-1-2-8-27-19)28-13-23(17)30-31-24/h1-13,29H,(H,30,31). The van der Waals surface area contributed by atoms with Gasteiger partial charge in [-0.3, -0.25) is 20.1 Å². The van der Waals surface area contributed by atoms with E-state index in [4.69, 9.17) is 0 Å². The molecule has 6 aromatic rings. The smallest absolute Gasteiger partial charge is 0.123 e. The Morgan fingerprint density at radius 2 is 1.68 bits per heavy atom. The molecule has 1 aromatic carbocycles. The second-order valence-corrected chi connectivity index (χ2v) is 7.24. The van der Waals surface area contributed by atoms with Gasteiger partial charge in [0.2, 0.25) is 0 Å². The maximum absolute atomic E-state index is 13.4. The number of aromatic amines is 2. The summed E-state index contributed by atoms with van der Waals surface area (Å²) in [4.78, 5) is 16.7. The van der Waals surface area contributed by atoms with Gasteiger partial charge in [0.25, 0.3) is 0 Å². The molecule has 0 radical (unpaired) electrons. The zero-order valence-corrected chi connectivity index (χ0v) is 16.2. The van der Waals surface area contributed by atoms with Crippen LogP contribution in [0.1, 0.15) is 0 Å². The normalized spacial score (nSPS) is 11.4. The quantitative estimate of drug-likeness (QED) is 0.414. The summed E-state index contributed by atoms with van der Waals surface area (Å²) >= 11 is 0. The maximum Gasteiger partial charge on any atom is 0.123 e. The molecule has 0 spiro atoms. The monoisotopic (exact) mass is 406 g/mol. The summed E-state index contributed by atoms with van der Waals surface area (Å²) in [6.45, 7) is 0. The molecular formula is C24H15FN6. The summed E-state index contributed by atoms with van der Waals surface area (Å²) in [5, 5.41) is 9.51. The van der Waals surface area contributed by atoms with E-state index in [1.54, 1.807) is 36.9 Å². The molecule has 0 amide bonds. The van der Waals surface area contributed by atoms with Crippen molar-refractivity contribution in [1.82, 2.24) is 30.1 Å². The van der Waals surface area contributed by atoms with Gasteiger partial charge in [-0.1, -0.05) is 18.2 Å². The molecule has 31 heavy (non-hydrogen) atoms. The van der Waals surface area contributed by atoms with E-state index in [0.29, 0.717) is 0 Å². The summed E-state index contributed by atoms with van der Waals surface area (Å²) in [6.07, 6.45) is 7.09. The van der Waals surface area contributed by atoms with Gasteiger partial charge in [0.05, 0.1) is 40.5 Å². The molecule has 0 saturated carbocycles. The van der Waals surface area contributed by atoms with Gasteiger partial charge in [0, 0.05) is 28.7 Å². The number of halogens is 1. The summed E-state index contributed by atoms with van der Waals surface area (Å²) in [6, 6.07) is 16.2. The van der Waals surface area contributed by atoms with Crippen LogP contribution in [0.5, 0.6) is 0 Å². The first-order valence-corrected chi connectivity index (χ1v) is 9.75. The van der Waals surface area contributed by atoms with Gasteiger partial charge in [-0.2, -0.15) is 5.10 Å². The van der Waals surface area contributed by atoms with Gasteiger partial charge in [0.1, 0.15) is 11.5 Å². The van der Waals surface area contributed by atoms with Crippen molar-refractivity contribution in [2.24, 2.45) is 0 Å². The summed E-state index contributed by atoms with van der Waals surface area (Å²) in [7, 11) is 0. The second kappa shape index (κ2) is 6.84. The second-order valence-electron chi connectivity index (χ2n) is 7.24. The molecule has 0 unspecified atom stereocenters. The van der Waals surface area contributed by atoms with Crippen molar-refractivity contribution in [3.63, 3.8) is 0 Å². The van der Waals surface area contributed by atoms with E-state index < -0.39 is 0 Å². The van der Waals surface area contributed by atoms with Crippen molar-refractivity contribution in [3.8, 4) is 33.9 Å². The van der Waals surface area contributed by atoms with Crippen LogP contribution < -0.4 is 0 Å². The first-order valence-electron chi connectivity index (χ1n) is 9.75. The zero-order valence-electron chi connectivity index (χ0n) is 16.2. The lowest BCUT2D eigenvalue weighted by Crippen LogP contribution is -1.86. The van der Waals surface area contributed by atoms with E-state index in [9.17, 15) is 4.39 Å². The Labute approximate surface area is 175 Å². The average Bonchev–Trinajstić information content (AvgIpc) is 3.43. The van der Waals surface area contributed by atoms with E-state index in [-0.39, 0.29) is 5.82 Å². The number of fused-ring (bicyclic) bond motifs is 2. The van der Waals surface area contributed by atoms with Gasteiger partial charge in [-0.05, 0) is 42.0 Å². The molecule has 5 heterocycles. The fraction of sp³-hybridized carbons (Fsp3) is 0. The van der Waals surface area contributed by atoms with Crippen LogP contribution in [0.4, 0.5) is 4.39 Å². The zero-order chi connectivity index (χ0) is 20.8. The minimum Gasteiger partial charge on any atom is -0.352 e. The Bertz CT molecular complexity index is 1530. The van der Waals surface area contributed by atoms with E-state index in [1.165, 1.54) is 12.1 Å². The Morgan fingerprint density at radius 3 is 2.52 bits per heavy atom. The van der Waals surface area contributed by atoms with Crippen LogP contribution in [-0.2, 0) is 0 Å². The van der Waals surface area contributed by atoms with Crippen LogP contribution in [-0.4, -0.2) is 30.1 Å². The Balaban J connectivity index is 1.51. The lowest BCUT2D eigenvalue weighted by Gasteiger charge is -2.02. The molecule has 0 bridgehead atoms. The van der Waals surface area contributed by atoms with Gasteiger partial charge >= 0.3 is 0 Å². The van der Waals surface area contributed by atoms with Crippen molar-refractivity contribution >= 4 is 21.8 Å². The Hall–Kier alpha value is -4.39. The fourth-order valence-electron chi connectivity index (χ4n) is 3.81. The SMILES string of the molecule is Fc1ccc(-c2cncc3[nH]c(-c4n[nH]c5cnc(-c6ccccn6)cc45)cc23)cc1. The number of H-pyrrole nitrogens is 2. The van der Waals surface area contributed by atoms with Crippen LogP contribution in [0, 0.1) is 5.82 Å². The van der Waals surface area contributed by atoms with Gasteiger partial charge < -0.3 is 4.98 Å². The molecule has 2 N–H and O–H groups in total. The Morgan fingerprint density at radius 1 is 0.774 bits per heavy atom. The maximum atomic E-state index is 13.4. The van der Waals surface area contributed by atoms with E-state index in [0.717, 1.165) is 55.7 Å². The molecule has 0 saturated heterocycles. The third kappa shape index (κ3) is 2.95. The third-order valence-electron chi connectivity index (χ3n) is 5.33. The molecule has 148 valence electrons. The van der Waals surface area contributed by atoms with Crippen LogP contribution in [0.25, 0.3) is 55.7 Å². The summed E-state index contributed by atoms with van der Waals surface area (Å²) < 4.78 is 13.4. The first kappa shape index (κ1) is 17.5. The minimum absolute atomic E-state index is 0.265. The number of rotatable bonds is 3. The molecule has 6 rings (SSSR count). The van der Waals surface area contributed by atoms with Gasteiger partial charge in [-0.15, -0.1) is 0 Å². The number of pyridine rings is 3. The van der Waals surface area contributed by atoms with Crippen LogP contribution in [0.15, 0.2) is 79.4 Å². The van der Waals surface area contributed by atoms with Crippen molar-refractivity contribution < 1.29 is 4.39 Å². The molecule has 0 aliphatic carbocycles. The van der Waals surface area contributed by atoms with Crippen molar-refractivity contribution in [2.45, 2.75) is 0 Å². The Kier molecular flexibility index (Phi) is 3.86.